The zero-order valence-corrected chi connectivity index (χ0v) is 10.8. The molecule has 1 aliphatic heterocycles. The topological polar surface area (TPSA) is 15.3 Å². The molecule has 0 spiro atoms. The summed E-state index contributed by atoms with van der Waals surface area (Å²) in [4.78, 5) is 2.34. The molecule has 1 fully saturated rings. The van der Waals surface area contributed by atoms with Crippen molar-refractivity contribution < 1.29 is 4.39 Å². The molecule has 4 heteroatoms. The van der Waals surface area contributed by atoms with Crippen molar-refractivity contribution in [1.29, 1.82) is 0 Å². The summed E-state index contributed by atoms with van der Waals surface area (Å²) in [5, 5.41) is 3.70. The van der Waals surface area contributed by atoms with E-state index in [9.17, 15) is 4.39 Å². The summed E-state index contributed by atoms with van der Waals surface area (Å²) in [6.07, 6.45) is 2.48. The molecule has 1 atom stereocenters. The Hall–Kier alpha value is -0.800. The lowest BCUT2D eigenvalue weighted by Crippen LogP contribution is -2.35. The standard InChI is InChI=1S/C13H18ClFN2/c1-17-4-2-3-10(9-17)8-16-13-6-11(14)5-12(15)7-13/h5-7,10,16H,2-4,8-9H2,1H3. The van der Waals surface area contributed by atoms with Crippen molar-refractivity contribution in [2.24, 2.45) is 5.92 Å². The van der Waals surface area contributed by atoms with Gasteiger partial charge in [0.15, 0.2) is 0 Å². The third-order valence-electron chi connectivity index (χ3n) is 3.18. The van der Waals surface area contributed by atoms with Crippen molar-refractivity contribution in [2.75, 3.05) is 32.0 Å². The SMILES string of the molecule is CN1CCCC(CNc2cc(F)cc(Cl)c2)C1. The monoisotopic (exact) mass is 256 g/mol. The van der Waals surface area contributed by atoms with Crippen LogP contribution in [-0.4, -0.2) is 31.6 Å². The normalized spacial score (nSPS) is 21.5. The number of nitrogens with one attached hydrogen (secondary N) is 1. The first-order chi connectivity index (χ1) is 8.13. The van der Waals surface area contributed by atoms with E-state index >= 15 is 0 Å². The molecule has 0 aliphatic carbocycles. The second-order valence-corrected chi connectivity index (χ2v) is 5.25. The summed E-state index contributed by atoms with van der Waals surface area (Å²) < 4.78 is 13.1. The van der Waals surface area contributed by atoms with Crippen molar-refractivity contribution >= 4 is 17.3 Å². The van der Waals surface area contributed by atoms with Gasteiger partial charge in [-0.25, -0.2) is 4.39 Å². The van der Waals surface area contributed by atoms with E-state index in [4.69, 9.17) is 11.6 Å². The van der Waals surface area contributed by atoms with Crippen molar-refractivity contribution in [3.8, 4) is 0 Å². The van der Waals surface area contributed by atoms with E-state index in [0.717, 1.165) is 18.8 Å². The molecule has 1 unspecified atom stereocenters. The Morgan fingerprint density at radius 2 is 2.29 bits per heavy atom. The first-order valence-electron chi connectivity index (χ1n) is 6.02. The number of anilines is 1. The van der Waals surface area contributed by atoms with E-state index in [-0.39, 0.29) is 5.82 Å². The minimum Gasteiger partial charge on any atom is -0.385 e. The van der Waals surface area contributed by atoms with Crippen LogP contribution in [0.1, 0.15) is 12.8 Å². The van der Waals surface area contributed by atoms with Crippen LogP contribution in [0.25, 0.3) is 0 Å². The Kier molecular flexibility index (Phi) is 4.24. The van der Waals surface area contributed by atoms with Gasteiger partial charge in [0.05, 0.1) is 0 Å². The third kappa shape index (κ3) is 3.86. The van der Waals surface area contributed by atoms with Gasteiger partial charge in [0, 0.05) is 23.8 Å². The second-order valence-electron chi connectivity index (χ2n) is 4.81. The summed E-state index contributed by atoms with van der Waals surface area (Å²) in [5.74, 6) is 0.344. The molecule has 94 valence electrons. The highest BCUT2D eigenvalue weighted by Gasteiger charge is 2.16. The summed E-state index contributed by atoms with van der Waals surface area (Å²) in [7, 11) is 2.14. The van der Waals surface area contributed by atoms with Gasteiger partial charge in [0.2, 0.25) is 0 Å². The van der Waals surface area contributed by atoms with Gasteiger partial charge in [-0.3, -0.25) is 0 Å². The van der Waals surface area contributed by atoms with Crippen molar-refractivity contribution in [3.63, 3.8) is 0 Å². The van der Waals surface area contributed by atoms with Crippen LogP contribution >= 0.6 is 11.6 Å². The molecule has 0 amide bonds. The highest BCUT2D eigenvalue weighted by molar-refractivity contribution is 6.30. The molecule has 17 heavy (non-hydrogen) atoms. The Balaban J connectivity index is 1.88. The van der Waals surface area contributed by atoms with Gasteiger partial charge in [-0.2, -0.15) is 0 Å². The predicted molar refractivity (Wildman–Crippen MR) is 70.1 cm³/mol. The second kappa shape index (κ2) is 5.69. The van der Waals surface area contributed by atoms with E-state index in [2.05, 4.69) is 17.3 Å². The Morgan fingerprint density at radius 1 is 1.47 bits per heavy atom. The van der Waals surface area contributed by atoms with E-state index in [1.54, 1.807) is 6.07 Å². The van der Waals surface area contributed by atoms with Gasteiger partial charge >= 0.3 is 0 Å². The Bertz CT molecular complexity index is 363. The average molecular weight is 257 g/mol. The molecular formula is C13H18ClFN2. The lowest BCUT2D eigenvalue weighted by Gasteiger charge is -2.30. The number of hydrogen-bond donors (Lipinski definition) is 1. The zero-order valence-electron chi connectivity index (χ0n) is 10.0. The molecular weight excluding hydrogens is 239 g/mol. The lowest BCUT2D eigenvalue weighted by molar-refractivity contribution is 0.217. The van der Waals surface area contributed by atoms with Crippen LogP contribution in [0.15, 0.2) is 18.2 Å². The van der Waals surface area contributed by atoms with Crippen molar-refractivity contribution in [3.05, 3.63) is 29.0 Å². The minimum atomic E-state index is -0.291. The fourth-order valence-corrected chi connectivity index (χ4v) is 2.58. The number of likely N-dealkylation sites (tertiary alicyclic amines) is 1. The molecule has 0 radical (unpaired) electrons. The Morgan fingerprint density at radius 3 is 3.00 bits per heavy atom. The van der Waals surface area contributed by atoms with E-state index in [1.807, 2.05) is 0 Å². The average Bonchev–Trinajstić information content (AvgIpc) is 2.25. The van der Waals surface area contributed by atoms with E-state index in [1.165, 1.54) is 31.5 Å². The summed E-state index contributed by atoms with van der Waals surface area (Å²) in [6.45, 7) is 3.17. The third-order valence-corrected chi connectivity index (χ3v) is 3.40. The number of nitrogens with zero attached hydrogens (tertiary/aromatic N) is 1. The maximum absolute atomic E-state index is 13.1. The fraction of sp³-hybridized carbons (Fsp3) is 0.538. The van der Waals surface area contributed by atoms with Crippen molar-refractivity contribution in [1.82, 2.24) is 4.90 Å². The first kappa shape index (κ1) is 12.7. The molecule has 1 aromatic carbocycles. The maximum Gasteiger partial charge on any atom is 0.126 e. The van der Waals surface area contributed by atoms with E-state index < -0.39 is 0 Å². The summed E-state index contributed by atoms with van der Waals surface area (Å²) in [6, 6.07) is 4.57. The van der Waals surface area contributed by atoms with Crippen LogP contribution in [0, 0.1) is 11.7 Å². The molecule has 2 nitrogen and oxygen atoms in total. The van der Waals surface area contributed by atoms with Crippen LogP contribution in [-0.2, 0) is 0 Å². The minimum absolute atomic E-state index is 0.291. The van der Waals surface area contributed by atoms with Gasteiger partial charge in [-0.05, 0) is 50.6 Å². The molecule has 1 saturated heterocycles. The number of halogens is 2. The van der Waals surface area contributed by atoms with Crippen LogP contribution in [0.5, 0.6) is 0 Å². The highest BCUT2D eigenvalue weighted by atomic mass is 35.5. The van der Waals surface area contributed by atoms with Gasteiger partial charge in [0.25, 0.3) is 0 Å². The summed E-state index contributed by atoms with van der Waals surface area (Å²) >= 11 is 5.81. The summed E-state index contributed by atoms with van der Waals surface area (Å²) in [5.41, 5.74) is 0.767. The predicted octanol–water partition coefficient (Wildman–Crippen LogP) is 3.23. The molecule has 1 N–H and O–H groups in total. The van der Waals surface area contributed by atoms with Crippen LogP contribution in [0.4, 0.5) is 10.1 Å². The molecule has 1 aliphatic rings. The smallest absolute Gasteiger partial charge is 0.126 e. The largest absolute Gasteiger partial charge is 0.385 e. The van der Waals surface area contributed by atoms with Gasteiger partial charge in [-0.15, -0.1) is 0 Å². The quantitative estimate of drug-likeness (QED) is 0.893. The van der Waals surface area contributed by atoms with Crippen LogP contribution < -0.4 is 5.32 Å². The lowest BCUT2D eigenvalue weighted by atomic mass is 9.98. The number of rotatable bonds is 3. The van der Waals surface area contributed by atoms with Gasteiger partial charge in [-0.1, -0.05) is 11.6 Å². The van der Waals surface area contributed by atoms with Crippen molar-refractivity contribution in [2.45, 2.75) is 12.8 Å². The van der Waals surface area contributed by atoms with Crippen LogP contribution in [0.2, 0.25) is 5.02 Å². The zero-order chi connectivity index (χ0) is 12.3. The number of piperidine rings is 1. The van der Waals surface area contributed by atoms with Gasteiger partial charge in [0.1, 0.15) is 5.82 Å². The molecule has 0 saturated carbocycles. The molecule has 2 rings (SSSR count). The maximum atomic E-state index is 13.1. The molecule has 0 bridgehead atoms. The highest BCUT2D eigenvalue weighted by Crippen LogP contribution is 2.20. The number of hydrogen-bond acceptors (Lipinski definition) is 2. The molecule has 0 aromatic heterocycles. The van der Waals surface area contributed by atoms with Gasteiger partial charge < -0.3 is 10.2 Å². The molecule has 1 aromatic rings. The molecule has 1 heterocycles. The number of benzene rings is 1. The Labute approximate surface area is 107 Å². The fourth-order valence-electron chi connectivity index (χ4n) is 2.36. The van der Waals surface area contributed by atoms with Crippen LogP contribution in [0.3, 0.4) is 0 Å². The van der Waals surface area contributed by atoms with E-state index in [0.29, 0.717) is 10.9 Å². The first-order valence-corrected chi connectivity index (χ1v) is 6.40.